The van der Waals surface area contributed by atoms with Crippen LogP contribution in [0.2, 0.25) is 0 Å². The van der Waals surface area contributed by atoms with E-state index < -0.39 is 5.60 Å². The maximum absolute atomic E-state index is 12.6. The fraction of sp³-hybridized carbons (Fsp3) is 0.485. The molecule has 226 valence electrons. The Morgan fingerprint density at radius 3 is 2.40 bits per heavy atom. The number of imide groups is 1. The number of thioether (sulfide) groups is 1. The van der Waals surface area contributed by atoms with Crippen molar-refractivity contribution in [1.82, 2.24) is 4.90 Å². The van der Waals surface area contributed by atoms with E-state index in [9.17, 15) is 14.4 Å². The summed E-state index contributed by atoms with van der Waals surface area (Å²) in [6, 6.07) is 7.42. The first-order valence-electron chi connectivity index (χ1n) is 14.7. The molecule has 2 aliphatic heterocycles. The molecule has 0 bridgehead atoms. The largest absolute Gasteiger partial charge is 0.489 e. The van der Waals surface area contributed by atoms with Gasteiger partial charge in [0, 0.05) is 19.0 Å². The third-order valence-electron chi connectivity index (χ3n) is 8.07. The van der Waals surface area contributed by atoms with Crippen LogP contribution in [0.15, 0.2) is 29.2 Å². The van der Waals surface area contributed by atoms with Crippen molar-refractivity contribution < 1.29 is 28.6 Å². The molecule has 9 heteroatoms. The molecule has 1 atom stereocenters. The molecule has 1 unspecified atom stereocenters. The van der Waals surface area contributed by atoms with Gasteiger partial charge in [-0.1, -0.05) is 31.4 Å². The van der Waals surface area contributed by atoms with Gasteiger partial charge >= 0.3 is 5.97 Å². The highest BCUT2D eigenvalue weighted by atomic mass is 32.2. The summed E-state index contributed by atoms with van der Waals surface area (Å²) in [6.45, 7) is 9.13. The number of likely N-dealkylation sites (N-methyl/N-ethyl adjacent to an activating group) is 1. The molecule has 0 radical (unpaired) electrons. The Kier molecular flexibility index (Phi) is 10.4. The van der Waals surface area contributed by atoms with Crippen molar-refractivity contribution in [2.24, 2.45) is 5.73 Å². The van der Waals surface area contributed by atoms with Crippen molar-refractivity contribution >= 4 is 35.0 Å². The molecular formula is C33H42N2O6S. The molecule has 42 heavy (non-hydrogen) atoms. The summed E-state index contributed by atoms with van der Waals surface area (Å²) in [7, 11) is 1.48. The number of nitrogens with two attached hydrogens (primary N) is 1. The summed E-state index contributed by atoms with van der Waals surface area (Å²) in [4.78, 5) is 38.0. The highest BCUT2D eigenvalue weighted by molar-refractivity contribution is 8.18. The smallest absolute Gasteiger partial charge is 0.311 e. The molecule has 0 spiro atoms. The topological polar surface area (TPSA) is 108 Å². The lowest BCUT2D eigenvalue weighted by molar-refractivity contribution is -0.134. The summed E-state index contributed by atoms with van der Waals surface area (Å²) in [5.41, 5.74) is 9.78. The van der Waals surface area contributed by atoms with Crippen molar-refractivity contribution in [3.63, 3.8) is 0 Å². The number of carbonyl (C=O) groups excluding carboxylic acids is 3. The van der Waals surface area contributed by atoms with Gasteiger partial charge in [0.25, 0.3) is 11.1 Å². The lowest BCUT2D eigenvalue weighted by Gasteiger charge is -2.37. The van der Waals surface area contributed by atoms with Gasteiger partial charge in [-0.2, -0.15) is 0 Å². The molecule has 1 saturated heterocycles. The van der Waals surface area contributed by atoms with Crippen molar-refractivity contribution in [3.05, 3.63) is 57.0 Å². The monoisotopic (exact) mass is 594 g/mol. The molecule has 1 fully saturated rings. The standard InChI is InChI=1S/C33H42N2O6S/c1-21-22(2)30-26(23(3)29(21)40-28(36)11-9-7-6-8-10-18-34)16-17-33(4,41-30)20-39-25-14-12-24(13-15-25)19-27-31(37)35(5)32(38)42-27/h12-15,19H,6-11,16-18,20,34H2,1-5H3/b27-19-. The van der Waals surface area contributed by atoms with Gasteiger partial charge in [0.1, 0.15) is 29.5 Å². The summed E-state index contributed by atoms with van der Waals surface area (Å²) in [5.74, 6) is 1.72. The lowest BCUT2D eigenvalue weighted by atomic mass is 9.87. The van der Waals surface area contributed by atoms with Gasteiger partial charge in [0.15, 0.2) is 0 Å². The van der Waals surface area contributed by atoms with E-state index in [2.05, 4.69) is 6.92 Å². The van der Waals surface area contributed by atoms with Crippen LogP contribution < -0.4 is 19.9 Å². The number of hydrogen-bond donors (Lipinski definition) is 1. The number of fused-ring (bicyclic) bond motifs is 1. The highest BCUT2D eigenvalue weighted by Gasteiger charge is 2.36. The molecule has 8 nitrogen and oxygen atoms in total. The van der Waals surface area contributed by atoms with Crippen molar-refractivity contribution in [3.8, 4) is 17.2 Å². The minimum absolute atomic E-state index is 0.189. The molecule has 0 aliphatic carbocycles. The SMILES string of the molecule is Cc1c(C)c2c(c(C)c1OC(=O)CCCCCCCN)CCC(C)(COc1ccc(/C=C3\SC(=O)N(C)C3=O)cc1)O2. The van der Waals surface area contributed by atoms with Crippen LogP contribution in [0.3, 0.4) is 0 Å². The molecule has 2 aliphatic rings. The van der Waals surface area contributed by atoms with Gasteiger partial charge < -0.3 is 19.9 Å². The van der Waals surface area contributed by atoms with Crippen LogP contribution in [-0.4, -0.2) is 47.8 Å². The number of esters is 1. The molecule has 4 rings (SSSR count). The highest BCUT2D eigenvalue weighted by Crippen LogP contribution is 2.44. The average Bonchev–Trinajstić information content (AvgIpc) is 3.21. The van der Waals surface area contributed by atoms with Crippen LogP contribution >= 0.6 is 11.8 Å². The summed E-state index contributed by atoms with van der Waals surface area (Å²) >= 11 is 0.939. The number of nitrogens with zero attached hydrogens (tertiary/aromatic N) is 1. The number of unbranched alkanes of at least 4 members (excludes halogenated alkanes) is 4. The number of amides is 2. The quantitative estimate of drug-likeness (QED) is 0.126. The Hall–Kier alpha value is -3.30. The van der Waals surface area contributed by atoms with Crippen LogP contribution in [0.4, 0.5) is 4.79 Å². The normalized spacial score (nSPS) is 19.2. The zero-order valence-electron chi connectivity index (χ0n) is 25.3. The zero-order chi connectivity index (χ0) is 30.4. The van der Waals surface area contributed by atoms with Gasteiger partial charge in [-0.3, -0.25) is 19.3 Å². The molecule has 2 aromatic carbocycles. The average molecular weight is 595 g/mol. The second kappa shape index (κ2) is 13.8. The van der Waals surface area contributed by atoms with E-state index in [1.807, 2.05) is 45.0 Å². The number of carbonyl (C=O) groups is 3. The number of rotatable bonds is 12. The van der Waals surface area contributed by atoms with Crippen LogP contribution in [0, 0.1) is 20.8 Å². The van der Waals surface area contributed by atoms with Crippen LogP contribution in [-0.2, 0) is 16.0 Å². The molecule has 0 saturated carbocycles. The minimum Gasteiger partial charge on any atom is -0.489 e. The van der Waals surface area contributed by atoms with Gasteiger partial charge in [-0.15, -0.1) is 0 Å². The molecular weight excluding hydrogens is 552 g/mol. The van der Waals surface area contributed by atoms with Gasteiger partial charge in [-0.25, -0.2) is 0 Å². The Balaban J connectivity index is 1.36. The number of benzene rings is 2. The third-order valence-corrected chi connectivity index (χ3v) is 9.03. The van der Waals surface area contributed by atoms with E-state index in [1.54, 1.807) is 6.08 Å². The van der Waals surface area contributed by atoms with Crippen molar-refractivity contribution in [1.29, 1.82) is 0 Å². The van der Waals surface area contributed by atoms with Crippen molar-refractivity contribution in [2.45, 2.75) is 84.7 Å². The minimum atomic E-state index is -0.531. The molecule has 2 heterocycles. The molecule has 2 amide bonds. The molecule has 2 aromatic rings. The van der Waals surface area contributed by atoms with E-state index in [4.69, 9.17) is 19.9 Å². The van der Waals surface area contributed by atoms with E-state index >= 15 is 0 Å². The predicted molar refractivity (Wildman–Crippen MR) is 166 cm³/mol. The Labute approximate surface area is 252 Å². The second-order valence-electron chi connectivity index (χ2n) is 11.4. The summed E-state index contributed by atoms with van der Waals surface area (Å²) < 4.78 is 18.6. The zero-order valence-corrected chi connectivity index (χ0v) is 26.2. The van der Waals surface area contributed by atoms with Gasteiger partial charge in [-0.05, 0) is 112 Å². The van der Waals surface area contributed by atoms with Gasteiger partial charge in [0.05, 0.1) is 4.91 Å². The maximum Gasteiger partial charge on any atom is 0.311 e. The Morgan fingerprint density at radius 2 is 1.74 bits per heavy atom. The first-order chi connectivity index (χ1) is 20.0. The second-order valence-corrected chi connectivity index (χ2v) is 12.4. The van der Waals surface area contributed by atoms with E-state index in [-0.39, 0.29) is 17.1 Å². The maximum atomic E-state index is 12.6. The van der Waals surface area contributed by atoms with Crippen LogP contribution in [0.25, 0.3) is 6.08 Å². The fourth-order valence-corrected chi connectivity index (χ4v) is 6.07. The van der Waals surface area contributed by atoms with Crippen LogP contribution in [0.1, 0.15) is 79.7 Å². The van der Waals surface area contributed by atoms with Crippen molar-refractivity contribution in [2.75, 3.05) is 20.2 Å². The summed E-state index contributed by atoms with van der Waals surface area (Å²) in [6.07, 6.45) is 8.73. The van der Waals surface area contributed by atoms with Crippen LogP contribution in [0.5, 0.6) is 17.2 Å². The Morgan fingerprint density at radius 1 is 1.05 bits per heavy atom. The molecule has 0 aromatic heterocycles. The predicted octanol–water partition coefficient (Wildman–Crippen LogP) is 6.65. The van der Waals surface area contributed by atoms with E-state index in [0.29, 0.717) is 29.4 Å². The van der Waals surface area contributed by atoms with Gasteiger partial charge in [0.2, 0.25) is 0 Å². The lowest BCUT2D eigenvalue weighted by Crippen LogP contribution is -2.42. The number of hydrogen-bond acceptors (Lipinski definition) is 8. The first-order valence-corrected chi connectivity index (χ1v) is 15.5. The number of ether oxygens (including phenoxy) is 3. The van der Waals surface area contributed by atoms with E-state index in [0.717, 1.165) is 102 Å². The summed E-state index contributed by atoms with van der Waals surface area (Å²) in [5, 5.41) is -0.272. The Bertz CT molecular complexity index is 1370. The first kappa shape index (κ1) is 31.6. The fourth-order valence-electron chi connectivity index (χ4n) is 5.24. The van der Waals surface area contributed by atoms with E-state index in [1.165, 1.54) is 7.05 Å². The third kappa shape index (κ3) is 7.36. The molecule has 2 N–H and O–H groups in total.